The quantitative estimate of drug-likeness (QED) is 0.534. The monoisotopic (exact) mass is 154 g/mol. The molecule has 1 aliphatic rings. The Balaban J connectivity index is 3.01. The highest BCUT2D eigenvalue weighted by atomic mass is 16.3. The molecule has 11 heavy (non-hydrogen) atoms. The molecule has 1 rings (SSSR count). The number of nitrogens with zero attached hydrogens (tertiary/aromatic N) is 1. The molecular weight excluding hydrogens is 144 g/mol. The molecule has 1 atom stereocenters. The van der Waals surface area contributed by atoms with Gasteiger partial charge >= 0.3 is 0 Å². The van der Waals surface area contributed by atoms with E-state index < -0.39 is 5.92 Å². The van der Waals surface area contributed by atoms with Gasteiger partial charge in [-0.1, -0.05) is 0 Å². The molecule has 0 aromatic heterocycles. The Kier molecular flexibility index (Phi) is 1.68. The van der Waals surface area contributed by atoms with E-state index in [2.05, 4.69) is 0 Å². The molecule has 4 nitrogen and oxygen atoms in total. The van der Waals surface area contributed by atoms with Gasteiger partial charge in [-0.3, -0.25) is 15.1 Å². The van der Waals surface area contributed by atoms with Gasteiger partial charge in [-0.15, -0.1) is 0 Å². The number of amides is 1. The number of carbonyl (C=O) groups is 1. The Bertz CT molecular complexity index is 245. The summed E-state index contributed by atoms with van der Waals surface area (Å²) in [5.41, 5.74) is 0. The van der Waals surface area contributed by atoms with Crippen LogP contribution >= 0.6 is 0 Å². The number of aliphatic hydroxyl groups is 1. The minimum Gasteiger partial charge on any atom is -0.511 e. The molecule has 0 radical (unpaired) electrons. The fourth-order valence-electron chi connectivity index (χ4n) is 0.898. The largest absolute Gasteiger partial charge is 0.511 e. The van der Waals surface area contributed by atoms with Crippen LogP contribution in [0.25, 0.3) is 0 Å². The minimum atomic E-state index is -0.505. The molecule has 0 saturated carbocycles. The van der Waals surface area contributed by atoms with Crippen LogP contribution in [-0.4, -0.2) is 28.8 Å². The van der Waals surface area contributed by atoms with Crippen molar-refractivity contribution in [3.05, 3.63) is 11.8 Å². The molecule has 1 unspecified atom stereocenters. The summed E-state index contributed by atoms with van der Waals surface area (Å²) >= 11 is 0. The van der Waals surface area contributed by atoms with E-state index in [1.807, 2.05) is 0 Å². The van der Waals surface area contributed by atoms with Crippen molar-refractivity contribution in [3.63, 3.8) is 0 Å². The number of amidine groups is 1. The van der Waals surface area contributed by atoms with Crippen molar-refractivity contribution in [2.45, 2.75) is 6.92 Å². The summed E-state index contributed by atoms with van der Waals surface area (Å²) in [6.45, 7) is 1.61. The summed E-state index contributed by atoms with van der Waals surface area (Å²) in [7, 11) is 1.52. The van der Waals surface area contributed by atoms with Crippen LogP contribution in [0.4, 0.5) is 0 Å². The van der Waals surface area contributed by atoms with Crippen LogP contribution in [0, 0.1) is 11.3 Å². The second-order valence-electron chi connectivity index (χ2n) is 2.57. The van der Waals surface area contributed by atoms with Crippen molar-refractivity contribution in [3.8, 4) is 0 Å². The minimum absolute atomic E-state index is 0.0295. The SMILES string of the molecule is CC1C(=O)N(C)C(=N)C=C1O. The van der Waals surface area contributed by atoms with Gasteiger partial charge in [0.2, 0.25) is 5.91 Å². The lowest BCUT2D eigenvalue weighted by Gasteiger charge is -2.24. The Morgan fingerprint density at radius 3 is 2.82 bits per heavy atom. The first kappa shape index (κ1) is 7.78. The number of hydrogen-bond acceptors (Lipinski definition) is 3. The predicted molar refractivity (Wildman–Crippen MR) is 40.4 cm³/mol. The van der Waals surface area contributed by atoms with Gasteiger partial charge in [0.15, 0.2) is 0 Å². The number of nitrogens with one attached hydrogen (secondary N) is 1. The zero-order valence-corrected chi connectivity index (χ0v) is 6.46. The van der Waals surface area contributed by atoms with E-state index in [1.165, 1.54) is 18.0 Å². The maximum atomic E-state index is 11.1. The topological polar surface area (TPSA) is 64.4 Å². The van der Waals surface area contributed by atoms with Gasteiger partial charge in [-0.25, -0.2) is 0 Å². The molecule has 0 bridgehead atoms. The van der Waals surface area contributed by atoms with Crippen LogP contribution in [0.5, 0.6) is 0 Å². The van der Waals surface area contributed by atoms with Crippen molar-refractivity contribution >= 4 is 11.7 Å². The number of aliphatic hydroxyl groups excluding tert-OH is 1. The standard InChI is InChI=1S/C7H10N2O2/c1-4-5(10)3-6(8)9(2)7(4)11/h3-4,8,10H,1-2H3. The van der Waals surface area contributed by atoms with Gasteiger partial charge in [0.05, 0.1) is 5.92 Å². The molecular formula is C7H10N2O2. The molecule has 0 aromatic carbocycles. The van der Waals surface area contributed by atoms with Crippen molar-refractivity contribution in [1.29, 1.82) is 5.41 Å². The summed E-state index contributed by atoms with van der Waals surface area (Å²) in [5.74, 6) is -0.743. The lowest BCUT2D eigenvalue weighted by Crippen LogP contribution is -2.40. The Morgan fingerprint density at radius 2 is 2.27 bits per heavy atom. The van der Waals surface area contributed by atoms with Crippen molar-refractivity contribution in [1.82, 2.24) is 4.90 Å². The fraction of sp³-hybridized carbons (Fsp3) is 0.429. The Labute approximate surface area is 64.6 Å². The van der Waals surface area contributed by atoms with E-state index in [0.717, 1.165) is 0 Å². The lowest BCUT2D eigenvalue weighted by atomic mass is 10.0. The zero-order valence-electron chi connectivity index (χ0n) is 6.46. The van der Waals surface area contributed by atoms with Crippen molar-refractivity contribution in [2.24, 2.45) is 5.92 Å². The van der Waals surface area contributed by atoms with Crippen LogP contribution in [0.1, 0.15) is 6.92 Å². The first-order valence-electron chi connectivity index (χ1n) is 3.30. The molecule has 0 aromatic rings. The van der Waals surface area contributed by atoms with Gasteiger partial charge in [-0.2, -0.15) is 0 Å². The van der Waals surface area contributed by atoms with Gasteiger partial charge in [0, 0.05) is 13.1 Å². The van der Waals surface area contributed by atoms with E-state index >= 15 is 0 Å². The highest BCUT2D eigenvalue weighted by Crippen LogP contribution is 2.15. The first-order valence-corrected chi connectivity index (χ1v) is 3.30. The van der Waals surface area contributed by atoms with Gasteiger partial charge in [0.25, 0.3) is 0 Å². The number of hydrogen-bond donors (Lipinski definition) is 2. The molecule has 2 N–H and O–H groups in total. The highest BCUT2D eigenvalue weighted by molar-refractivity contribution is 6.06. The number of carbonyl (C=O) groups excluding carboxylic acids is 1. The van der Waals surface area contributed by atoms with E-state index in [1.54, 1.807) is 6.92 Å². The molecule has 1 amide bonds. The second kappa shape index (κ2) is 2.38. The van der Waals surface area contributed by atoms with Crippen molar-refractivity contribution in [2.75, 3.05) is 7.05 Å². The predicted octanol–water partition coefficient (Wildman–Crippen LogP) is 0.514. The molecule has 1 aliphatic heterocycles. The molecule has 1 heterocycles. The average molecular weight is 154 g/mol. The van der Waals surface area contributed by atoms with Crippen LogP contribution in [-0.2, 0) is 4.79 Å². The molecule has 4 heteroatoms. The summed E-state index contributed by atoms with van der Waals surface area (Å²) in [5, 5.41) is 16.3. The third-order valence-corrected chi connectivity index (χ3v) is 1.79. The molecule has 0 saturated heterocycles. The van der Waals surface area contributed by atoms with Gasteiger partial charge < -0.3 is 5.11 Å². The Morgan fingerprint density at radius 1 is 1.73 bits per heavy atom. The molecule has 0 fully saturated rings. The van der Waals surface area contributed by atoms with E-state index in [4.69, 9.17) is 10.5 Å². The van der Waals surface area contributed by atoms with E-state index in [-0.39, 0.29) is 17.5 Å². The van der Waals surface area contributed by atoms with Gasteiger partial charge in [0.1, 0.15) is 11.6 Å². The third kappa shape index (κ3) is 1.11. The summed E-state index contributed by atoms with van der Waals surface area (Å²) in [4.78, 5) is 12.3. The average Bonchev–Trinajstić information content (AvgIpc) is 1.97. The summed E-state index contributed by atoms with van der Waals surface area (Å²) in [6.07, 6.45) is 1.28. The normalized spacial score (nSPS) is 25.5. The van der Waals surface area contributed by atoms with Crippen LogP contribution in [0.3, 0.4) is 0 Å². The van der Waals surface area contributed by atoms with E-state index in [9.17, 15) is 4.79 Å². The Hall–Kier alpha value is -1.32. The maximum Gasteiger partial charge on any atom is 0.238 e. The number of likely N-dealkylation sites (N-methyl/N-ethyl adjacent to an activating group) is 1. The third-order valence-electron chi connectivity index (χ3n) is 1.79. The smallest absolute Gasteiger partial charge is 0.238 e. The summed E-state index contributed by atoms with van der Waals surface area (Å²) < 4.78 is 0. The number of rotatable bonds is 0. The van der Waals surface area contributed by atoms with Crippen LogP contribution in [0.2, 0.25) is 0 Å². The second-order valence-corrected chi connectivity index (χ2v) is 2.57. The van der Waals surface area contributed by atoms with Crippen LogP contribution in [0.15, 0.2) is 11.8 Å². The zero-order chi connectivity index (χ0) is 8.59. The van der Waals surface area contributed by atoms with Crippen LogP contribution < -0.4 is 0 Å². The fourth-order valence-corrected chi connectivity index (χ4v) is 0.898. The first-order chi connectivity index (χ1) is 5.04. The molecule has 0 aliphatic carbocycles. The summed E-state index contributed by atoms with van der Waals surface area (Å²) in [6, 6.07) is 0. The molecule has 0 spiro atoms. The highest BCUT2D eigenvalue weighted by Gasteiger charge is 2.27. The maximum absolute atomic E-state index is 11.1. The van der Waals surface area contributed by atoms with Crippen molar-refractivity contribution < 1.29 is 9.90 Å². The van der Waals surface area contributed by atoms with E-state index in [0.29, 0.717) is 0 Å². The molecule has 60 valence electrons. The lowest BCUT2D eigenvalue weighted by molar-refractivity contribution is -0.130. The van der Waals surface area contributed by atoms with Gasteiger partial charge in [-0.05, 0) is 6.92 Å².